The predicted octanol–water partition coefficient (Wildman–Crippen LogP) is 4.11. The average molecular weight is 665 g/mol. The maximum absolute atomic E-state index is 15.4. The van der Waals surface area contributed by atoms with E-state index in [-0.39, 0.29) is 16.6 Å². The Morgan fingerprint density at radius 3 is 2.63 bits per heavy atom. The molecule has 43 heavy (non-hydrogen) atoms. The SMILES string of the molecule is CC(C)OC(=O)C(C)NP(=S)(OCC1(C(F)F)OC(n2cc(Cl)c(N)nc2=O)C(F)C1O)Oc1cccc2ccccc12. The van der Waals surface area contributed by atoms with Gasteiger partial charge in [0.05, 0.1) is 17.7 Å². The molecule has 0 aliphatic carbocycles. The first-order chi connectivity index (χ1) is 20.2. The lowest BCUT2D eigenvalue weighted by atomic mass is 9.97. The number of benzene rings is 2. The van der Waals surface area contributed by atoms with E-state index in [0.717, 1.165) is 11.6 Å². The maximum Gasteiger partial charge on any atom is 0.351 e. The Balaban J connectivity index is 1.69. The van der Waals surface area contributed by atoms with Gasteiger partial charge in [-0.2, -0.15) is 4.98 Å². The maximum atomic E-state index is 15.4. The van der Waals surface area contributed by atoms with Crippen LogP contribution in [0.1, 0.15) is 27.0 Å². The van der Waals surface area contributed by atoms with Gasteiger partial charge in [-0.05, 0) is 44.0 Å². The fraction of sp³-hybridized carbons (Fsp3) is 0.423. The number of esters is 1. The van der Waals surface area contributed by atoms with Crippen molar-refractivity contribution in [2.24, 2.45) is 0 Å². The summed E-state index contributed by atoms with van der Waals surface area (Å²) in [4.78, 5) is 28.4. The van der Waals surface area contributed by atoms with Crippen LogP contribution in [0.3, 0.4) is 0 Å². The van der Waals surface area contributed by atoms with Gasteiger partial charge in [0.1, 0.15) is 23.7 Å². The van der Waals surface area contributed by atoms with E-state index >= 15 is 4.39 Å². The van der Waals surface area contributed by atoms with Gasteiger partial charge in [0.15, 0.2) is 18.0 Å². The van der Waals surface area contributed by atoms with Crippen molar-refractivity contribution in [1.82, 2.24) is 14.6 Å². The molecule has 1 fully saturated rings. The van der Waals surface area contributed by atoms with Crippen LogP contribution in [-0.4, -0.2) is 63.7 Å². The topological polar surface area (TPSA) is 147 Å². The van der Waals surface area contributed by atoms with Crippen molar-refractivity contribution < 1.29 is 41.6 Å². The van der Waals surface area contributed by atoms with Gasteiger partial charge in [-0.3, -0.25) is 9.36 Å². The fourth-order valence-electron chi connectivity index (χ4n) is 4.30. The van der Waals surface area contributed by atoms with Crippen molar-refractivity contribution in [2.45, 2.75) is 63.4 Å². The average Bonchev–Trinajstić information content (AvgIpc) is 3.20. The van der Waals surface area contributed by atoms with Crippen LogP contribution in [0.25, 0.3) is 10.8 Å². The third-order valence-electron chi connectivity index (χ3n) is 6.48. The molecule has 1 aliphatic rings. The van der Waals surface area contributed by atoms with Crippen LogP contribution in [0.15, 0.2) is 53.5 Å². The molecule has 1 aliphatic heterocycles. The Morgan fingerprint density at radius 2 is 1.95 bits per heavy atom. The zero-order chi connectivity index (χ0) is 31.7. The highest BCUT2D eigenvalue weighted by molar-refractivity contribution is 8.09. The minimum atomic E-state index is -3.98. The molecule has 6 atom stereocenters. The predicted molar refractivity (Wildman–Crippen MR) is 156 cm³/mol. The first kappa shape index (κ1) is 33.1. The van der Waals surface area contributed by atoms with Crippen LogP contribution in [0.2, 0.25) is 5.02 Å². The molecule has 1 aromatic heterocycles. The molecule has 0 radical (unpaired) electrons. The number of nitrogens with one attached hydrogen (secondary N) is 1. The largest absolute Gasteiger partial charge is 0.462 e. The summed E-state index contributed by atoms with van der Waals surface area (Å²) in [6.07, 6.45) is -10.3. The van der Waals surface area contributed by atoms with E-state index in [0.29, 0.717) is 9.95 Å². The van der Waals surface area contributed by atoms with Crippen molar-refractivity contribution in [2.75, 3.05) is 12.3 Å². The molecule has 11 nitrogen and oxygen atoms in total. The molecule has 234 valence electrons. The van der Waals surface area contributed by atoms with E-state index in [4.69, 9.17) is 47.7 Å². The highest BCUT2D eigenvalue weighted by Crippen LogP contribution is 2.51. The highest BCUT2D eigenvalue weighted by Gasteiger charge is 2.62. The Labute approximate surface area is 254 Å². The third kappa shape index (κ3) is 6.98. The Morgan fingerprint density at radius 1 is 1.28 bits per heavy atom. The molecule has 4 N–H and O–H groups in total. The molecule has 4 rings (SSSR count). The van der Waals surface area contributed by atoms with E-state index in [2.05, 4.69) is 10.1 Å². The number of anilines is 1. The van der Waals surface area contributed by atoms with Crippen molar-refractivity contribution in [3.05, 3.63) is 64.2 Å². The summed E-state index contributed by atoms with van der Waals surface area (Å²) in [6, 6.07) is 11.0. The van der Waals surface area contributed by atoms with E-state index in [1.54, 1.807) is 56.3 Å². The summed E-state index contributed by atoms with van der Waals surface area (Å²) >= 11 is 11.5. The Kier molecular flexibility index (Phi) is 10.1. The number of halogens is 4. The number of rotatable bonds is 11. The van der Waals surface area contributed by atoms with E-state index < -0.39 is 67.6 Å². The summed E-state index contributed by atoms with van der Waals surface area (Å²) in [6.45, 7) is -0.520. The van der Waals surface area contributed by atoms with E-state index in [9.17, 15) is 23.5 Å². The number of hydrogen-bond acceptors (Lipinski definition) is 10. The smallest absolute Gasteiger partial charge is 0.351 e. The number of ether oxygens (including phenoxy) is 2. The monoisotopic (exact) mass is 664 g/mol. The van der Waals surface area contributed by atoms with Crippen molar-refractivity contribution in [1.29, 1.82) is 0 Å². The minimum Gasteiger partial charge on any atom is -0.462 e. The van der Waals surface area contributed by atoms with Crippen molar-refractivity contribution in [3.63, 3.8) is 0 Å². The number of carbonyl (C=O) groups is 1. The van der Waals surface area contributed by atoms with Crippen molar-refractivity contribution >= 4 is 52.6 Å². The summed E-state index contributed by atoms with van der Waals surface area (Å²) in [7, 11) is 0. The lowest BCUT2D eigenvalue weighted by molar-refractivity contribution is -0.192. The summed E-state index contributed by atoms with van der Waals surface area (Å²) in [5.74, 6) is -0.901. The number of aromatic nitrogens is 2. The number of fused-ring (bicyclic) bond motifs is 1. The van der Waals surface area contributed by atoms with E-state index in [1.165, 1.54) is 6.92 Å². The molecule has 3 aromatic rings. The van der Waals surface area contributed by atoms with Gasteiger partial charge in [0.2, 0.25) is 0 Å². The van der Waals surface area contributed by atoms with E-state index in [1.807, 2.05) is 0 Å². The van der Waals surface area contributed by atoms with Gasteiger partial charge in [-0.15, -0.1) is 0 Å². The summed E-state index contributed by atoms with van der Waals surface area (Å²) in [5, 5.41) is 14.5. The zero-order valence-electron chi connectivity index (χ0n) is 23.0. The van der Waals surface area contributed by atoms with Crippen LogP contribution < -0.4 is 21.0 Å². The number of carbonyl (C=O) groups excluding carboxylic acids is 1. The first-order valence-corrected chi connectivity index (χ1v) is 15.9. The normalized spacial score (nSPS) is 24.3. The number of nitrogens with two attached hydrogens (primary N) is 1. The second-order valence-corrected chi connectivity index (χ2v) is 13.5. The van der Waals surface area contributed by atoms with Gasteiger partial charge in [-0.25, -0.2) is 23.1 Å². The van der Waals surface area contributed by atoms with Gasteiger partial charge < -0.3 is 29.4 Å². The molecule has 6 unspecified atom stereocenters. The Bertz CT molecular complexity index is 1600. The first-order valence-electron chi connectivity index (χ1n) is 12.9. The number of nitrogen functional groups attached to an aromatic ring is 1. The van der Waals surface area contributed by atoms with Gasteiger partial charge >= 0.3 is 18.3 Å². The third-order valence-corrected chi connectivity index (χ3v) is 9.23. The number of aliphatic hydroxyl groups is 1. The standard InChI is InChI=1S/C26H29ClF3N4O7PS/c1-13(2)39-23(36)14(3)33-42(43,41-18-10-6-8-15-7-4-5-9-16(15)18)38-12-26(24(29)30)20(35)19(28)22(40-26)34-11-17(27)21(31)32-25(34)37/h4-11,13-14,19-20,22,24,35H,12H2,1-3H3,(H,33,43)(H2,31,32,37). The number of alkyl halides is 3. The van der Waals surface area contributed by atoms with Gasteiger partial charge in [0, 0.05) is 11.6 Å². The quantitative estimate of drug-likeness (QED) is 0.201. The van der Waals surface area contributed by atoms with Crippen molar-refractivity contribution in [3.8, 4) is 5.75 Å². The number of aliphatic hydroxyl groups excluding tert-OH is 1. The number of nitrogens with zero attached hydrogens (tertiary/aromatic N) is 2. The summed E-state index contributed by atoms with van der Waals surface area (Å²) in [5.41, 5.74) is 1.30. The van der Waals surface area contributed by atoms with Crippen LogP contribution in [0, 0.1) is 0 Å². The lowest BCUT2D eigenvalue weighted by Gasteiger charge is -2.34. The fourth-order valence-corrected chi connectivity index (χ4v) is 6.87. The lowest BCUT2D eigenvalue weighted by Crippen LogP contribution is -2.52. The molecular formula is C26H29ClF3N4O7PS. The molecule has 2 aromatic carbocycles. The molecular weight excluding hydrogens is 636 g/mol. The second-order valence-electron chi connectivity index (χ2n) is 9.99. The molecule has 17 heteroatoms. The highest BCUT2D eigenvalue weighted by atomic mass is 35.5. The van der Waals surface area contributed by atoms with Crippen LogP contribution in [-0.2, 0) is 30.6 Å². The van der Waals surface area contributed by atoms with Crippen LogP contribution in [0.4, 0.5) is 19.0 Å². The molecule has 2 heterocycles. The molecule has 0 amide bonds. The van der Waals surface area contributed by atoms with Gasteiger partial charge in [-0.1, -0.05) is 48.0 Å². The minimum absolute atomic E-state index is 0.202. The van der Waals surface area contributed by atoms with Crippen LogP contribution in [0.5, 0.6) is 5.75 Å². The molecule has 0 bridgehead atoms. The number of hydrogen-bond donors (Lipinski definition) is 3. The molecule has 0 saturated carbocycles. The Hall–Kier alpha value is -2.78. The second kappa shape index (κ2) is 13.1. The zero-order valence-corrected chi connectivity index (χ0v) is 25.5. The van der Waals surface area contributed by atoms with Gasteiger partial charge in [0.25, 0.3) is 6.43 Å². The molecule has 1 saturated heterocycles. The summed E-state index contributed by atoms with van der Waals surface area (Å²) < 4.78 is 67.5. The molecule has 0 spiro atoms. The van der Waals surface area contributed by atoms with Crippen LogP contribution >= 0.6 is 18.2 Å².